The maximum absolute atomic E-state index is 6.09. The minimum absolute atomic E-state index is 0.536. The van der Waals surface area contributed by atoms with Crippen molar-refractivity contribution < 1.29 is 0 Å². The largest absolute Gasteiger partial charge is 0.382 e. The Kier molecular flexibility index (Phi) is 3.26. The molecule has 106 valence electrons. The molecule has 0 unspecified atom stereocenters. The summed E-state index contributed by atoms with van der Waals surface area (Å²) < 4.78 is 0. The number of aromatic nitrogens is 2. The lowest BCUT2D eigenvalue weighted by Crippen LogP contribution is -1.90. The standard InChI is InChI=1S/C18H19N3/c1-11-5-4-6-14(9-11)16-17(20-21-18(16)19)15-8-7-12(2)13(3)10-15/h4-10H,1-3H3,(H3,19,20,21). The highest BCUT2D eigenvalue weighted by molar-refractivity contribution is 5.88. The highest BCUT2D eigenvalue weighted by Crippen LogP contribution is 2.35. The molecule has 3 N–H and O–H groups in total. The fourth-order valence-corrected chi connectivity index (χ4v) is 2.55. The van der Waals surface area contributed by atoms with E-state index in [-0.39, 0.29) is 0 Å². The number of nitrogen functional groups attached to an aromatic ring is 1. The number of hydrogen-bond donors (Lipinski definition) is 2. The third kappa shape index (κ3) is 2.42. The molecule has 3 nitrogen and oxygen atoms in total. The number of nitrogens with one attached hydrogen (secondary N) is 1. The van der Waals surface area contributed by atoms with E-state index in [1.165, 1.54) is 16.7 Å². The third-order valence-corrected chi connectivity index (χ3v) is 3.90. The molecule has 0 atom stereocenters. The van der Waals surface area contributed by atoms with E-state index in [1.807, 2.05) is 6.07 Å². The predicted octanol–water partition coefficient (Wildman–Crippen LogP) is 4.25. The molecule has 2 aromatic carbocycles. The van der Waals surface area contributed by atoms with E-state index in [4.69, 9.17) is 5.73 Å². The van der Waals surface area contributed by atoms with Gasteiger partial charge < -0.3 is 5.73 Å². The molecule has 0 radical (unpaired) electrons. The van der Waals surface area contributed by atoms with E-state index in [0.717, 1.165) is 22.4 Å². The first-order valence-corrected chi connectivity index (χ1v) is 7.05. The van der Waals surface area contributed by atoms with Gasteiger partial charge in [0, 0.05) is 5.56 Å². The first-order valence-electron chi connectivity index (χ1n) is 7.05. The van der Waals surface area contributed by atoms with Crippen LogP contribution in [0.1, 0.15) is 16.7 Å². The average molecular weight is 277 g/mol. The lowest BCUT2D eigenvalue weighted by molar-refractivity contribution is 1.10. The first kappa shape index (κ1) is 13.4. The minimum atomic E-state index is 0.536. The van der Waals surface area contributed by atoms with Crippen LogP contribution in [0.3, 0.4) is 0 Å². The fraction of sp³-hybridized carbons (Fsp3) is 0.167. The Morgan fingerprint density at radius 2 is 1.71 bits per heavy atom. The van der Waals surface area contributed by atoms with Gasteiger partial charge in [-0.1, -0.05) is 42.0 Å². The van der Waals surface area contributed by atoms with Crippen molar-refractivity contribution in [2.45, 2.75) is 20.8 Å². The number of hydrogen-bond acceptors (Lipinski definition) is 2. The summed E-state index contributed by atoms with van der Waals surface area (Å²) in [5, 5.41) is 7.28. The number of rotatable bonds is 2. The van der Waals surface area contributed by atoms with Crippen molar-refractivity contribution in [1.29, 1.82) is 0 Å². The Morgan fingerprint density at radius 3 is 2.43 bits per heavy atom. The Bertz CT molecular complexity index is 800. The highest BCUT2D eigenvalue weighted by atomic mass is 15.2. The molecule has 0 saturated heterocycles. The summed E-state index contributed by atoms with van der Waals surface area (Å²) in [5.41, 5.74) is 14.0. The van der Waals surface area contributed by atoms with E-state index in [2.05, 4.69) is 67.4 Å². The van der Waals surface area contributed by atoms with Crippen LogP contribution in [0.15, 0.2) is 42.5 Å². The predicted molar refractivity (Wildman–Crippen MR) is 88.1 cm³/mol. The van der Waals surface area contributed by atoms with Gasteiger partial charge >= 0.3 is 0 Å². The second-order valence-electron chi connectivity index (χ2n) is 5.53. The van der Waals surface area contributed by atoms with Gasteiger partial charge in [-0.2, -0.15) is 5.10 Å². The van der Waals surface area contributed by atoms with Gasteiger partial charge in [0.15, 0.2) is 5.82 Å². The van der Waals surface area contributed by atoms with Crippen LogP contribution < -0.4 is 5.73 Å². The topological polar surface area (TPSA) is 54.7 Å². The van der Waals surface area contributed by atoms with E-state index in [9.17, 15) is 0 Å². The van der Waals surface area contributed by atoms with Crippen molar-refractivity contribution in [2.24, 2.45) is 0 Å². The zero-order valence-electron chi connectivity index (χ0n) is 12.6. The summed E-state index contributed by atoms with van der Waals surface area (Å²) in [4.78, 5) is 0. The molecule has 0 saturated carbocycles. The Morgan fingerprint density at radius 1 is 0.905 bits per heavy atom. The van der Waals surface area contributed by atoms with Crippen LogP contribution in [0.5, 0.6) is 0 Å². The van der Waals surface area contributed by atoms with Crippen LogP contribution in [0.4, 0.5) is 5.82 Å². The van der Waals surface area contributed by atoms with Crippen molar-refractivity contribution in [3.05, 3.63) is 59.2 Å². The molecular weight excluding hydrogens is 258 g/mol. The Labute approximate surface area is 124 Å². The van der Waals surface area contributed by atoms with Crippen LogP contribution in [0.2, 0.25) is 0 Å². The molecule has 1 heterocycles. The van der Waals surface area contributed by atoms with Crippen LogP contribution >= 0.6 is 0 Å². The molecule has 0 bridgehead atoms. The van der Waals surface area contributed by atoms with E-state index in [1.54, 1.807) is 0 Å². The van der Waals surface area contributed by atoms with Crippen molar-refractivity contribution in [3.8, 4) is 22.4 Å². The lowest BCUT2D eigenvalue weighted by atomic mass is 9.97. The Hall–Kier alpha value is -2.55. The second-order valence-corrected chi connectivity index (χ2v) is 5.53. The molecule has 0 aliphatic heterocycles. The Balaban J connectivity index is 2.19. The molecule has 3 aromatic rings. The van der Waals surface area contributed by atoms with Crippen molar-refractivity contribution >= 4 is 5.82 Å². The van der Waals surface area contributed by atoms with E-state index >= 15 is 0 Å². The van der Waals surface area contributed by atoms with Crippen molar-refractivity contribution in [1.82, 2.24) is 10.2 Å². The zero-order valence-corrected chi connectivity index (χ0v) is 12.6. The number of anilines is 1. The van der Waals surface area contributed by atoms with Gasteiger partial charge in [-0.05, 0) is 43.5 Å². The molecular formula is C18H19N3. The number of H-pyrrole nitrogens is 1. The van der Waals surface area contributed by atoms with E-state index < -0.39 is 0 Å². The summed E-state index contributed by atoms with van der Waals surface area (Å²) >= 11 is 0. The van der Waals surface area contributed by atoms with Crippen molar-refractivity contribution in [2.75, 3.05) is 5.73 Å². The van der Waals surface area contributed by atoms with Gasteiger partial charge in [0.1, 0.15) is 0 Å². The molecule has 3 rings (SSSR count). The van der Waals surface area contributed by atoms with Crippen LogP contribution in [0.25, 0.3) is 22.4 Å². The maximum atomic E-state index is 6.09. The minimum Gasteiger partial charge on any atom is -0.382 e. The summed E-state index contributed by atoms with van der Waals surface area (Å²) in [7, 11) is 0. The molecule has 1 aromatic heterocycles. The number of aryl methyl sites for hydroxylation is 3. The lowest BCUT2D eigenvalue weighted by Gasteiger charge is -2.08. The van der Waals surface area contributed by atoms with Gasteiger partial charge in [0.2, 0.25) is 0 Å². The molecule has 21 heavy (non-hydrogen) atoms. The van der Waals surface area contributed by atoms with E-state index in [0.29, 0.717) is 5.82 Å². The SMILES string of the molecule is Cc1cccc(-c2c(N)n[nH]c2-c2ccc(C)c(C)c2)c1. The van der Waals surface area contributed by atoms with Crippen LogP contribution in [0, 0.1) is 20.8 Å². The smallest absolute Gasteiger partial charge is 0.153 e. The number of aromatic amines is 1. The third-order valence-electron chi connectivity index (χ3n) is 3.90. The highest BCUT2D eigenvalue weighted by Gasteiger charge is 2.15. The van der Waals surface area contributed by atoms with Gasteiger partial charge in [0.25, 0.3) is 0 Å². The monoisotopic (exact) mass is 277 g/mol. The number of nitrogens with two attached hydrogens (primary N) is 1. The summed E-state index contributed by atoms with van der Waals surface area (Å²) in [6.07, 6.45) is 0. The molecule has 0 aliphatic rings. The fourth-order valence-electron chi connectivity index (χ4n) is 2.55. The van der Waals surface area contributed by atoms with Crippen LogP contribution in [-0.4, -0.2) is 10.2 Å². The van der Waals surface area contributed by atoms with Gasteiger partial charge in [-0.3, -0.25) is 5.10 Å². The molecule has 0 amide bonds. The number of nitrogens with zero attached hydrogens (tertiary/aromatic N) is 1. The van der Waals surface area contributed by atoms with Gasteiger partial charge in [-0.25, -0.2) is 0 Å². The average Bonchev–Trinajstić information content (AvgIpc) is 2.84. The first-order chi connectivity index (χ1) is 10.1. The normalized spacial score (nSPS) is 10.8. The summed E-state index contributed by atoms with van der Waals surface area (Å²) in [5.74, 6) is 0.536. The van der Waals surface area contributed by atoms with Gasteiger partial charge in [-0.15, -0.1) is 0 Å². The summed E-state index contributed by atoms with van der Waals surface area (Å²) in [6.45, 7) is 6.31. The van der Waals surface area contributed by atoms with Crippen LogP contribution in [-0.2, 0) is 0 Å². The van der Waals surface area contributed by atoms with Gasteiger partial charge in [0.05, 0.1) is 11.3 Å². The molecule has 0 fully saturated rings. The number of benzene rings is 2. The second kappa shape index (κ2) is 5.09. The van der Waals surface area contributed by atoms with Crippen molar-refractivity contribution in [3.63, 3.8) is 0 Å². The molecule has 0 spiro atoms. The maximum Gasteiger partial charge on any atom is 0.153 e. The molecule has 0 aliphatic carbocycles. The zero-order chi connectivity index (χ0) is 15.0. The summed E-state index contributed by atoms with van der Waals surface area (Å²) in [6, 6.07) is 14.7. The quantitative estimate of drug-likeness (QED) is 0.735. The molecule has 3 heteroatoms.